The second-order valence-electron chi connectivity index (χ2n) is 6.40. The highest BCUT2D eigenvalue weighted by Crippen LogP contribution is 2.42. The summed E-state index contributed by atoms with van der Waals surface area (Å²) in [4.78, 5) is 27.2. The van der Waals surface area contributed by atoms with Crippen molar-refractivity contribution in [3.8, 4) is 5.75 Å². The van der Waals surface area contributed by atoms with Crippen LogP contribution in [0.5, 0.6) is 5.75 Å². The van der Waals surface area contributed by atoms with E-state index in [9.17, 15) is 19.1 Å². The van der Waals surface area contributed by atoms with Gasteiger partial charge in [0.25, 0.3) is 5.91 Å². The van der Waals surface area contributed by atoms with Gasteiger partial charge in [-0.05, 0) is 48.0 Å². The average Bonchev–Trinajstić information content (AvgIpc) is 3.35. The number of rotatable bonds is 5. The van der Waals surface area contributed by atoms with E-state index >= 15 is 0 Å². The third-order valence-electron chi connectivity index (χ3n) is 4.69. The van der Waals surface area contributed by atoms with Crippen LogP contribution in [0, 0.1) is 5.82 Å². The Kier molecular flexibility index (Phi) is 4.64. The molecule has 0 radical (unpaired) electrons. The Morgan fingerprint density at radius 3 is 2.62 bits per heavy atom. The van der Waals surface area contributed by atoms with Crippen molar-refractivity contribution < 1.29 is 28.2 Å². The van der Waals surface area contributed by atoms with E-state index in [1.165, 1.54) is 54.7 Å². The number of benzene rings is 2. The van der Waals surface area contributed by atoms with E-state index in [4.69, 9.17) is 9.15 Å². The van der Waals surface area contributed by atoms with Gasteiger partial charge in [-0.1, -0.05) is 18.2 Å². The quantitative estimate of drug-likeness (QED) is 0.657. The van der Waals surface area contributed by atoms with Crippen LogP contribution in [0.3, 0.4) is 0 Å². The van der Waals surface area contributed by atoms with Crippen LogP contribution >= 0.6 is 0 Å². The summed E-state index contributed by atoms with van der Waals surface area (Å²) in [6.07, 6.45) is 1.33. The van der Waals surface area contributed by atoms with E-state index < -0.39 is 29.3 Å². The van der Waals surface area contributed by atoms with Gasteiger partial charge < -0.3 is 14.3 Å². The maximum atomic E-state index is 13.9. The zero-order chi connectivity index (χ0) is 20.5. The monoisotopic (exact) mass is 393 g/mol. The molecule has 0 saturated heterocycles. The molecule has 0 fully saturated rings. The molecule has 1 unspecified atom stereocenters. The number of methoxy groups -OCH3 is 1. The van der Waals surface area contributed by atoms with Gasteiger partial charge in [0.2, 0.25) is 5.78 Å². The number of hydrogen-bond donors (Lipinski definition) is 1. The highest BCUT2D eigenvalue weighted by atomic mass is 19.1. The van der Waals surface area contributed by atoms with E-state index in [0.717, 1.165) is 0 Å². The van der Waals surface area contributed by atoms with Crippen molar-refractivity contribution in [1.29, 1.82) is 0 Å². The summed E-state index contributed by atoms with van der Waals surface area (Å²) in [6.45, 7) is 0. The molecule has 1 atom stereocenters. The van der Waals surface area contributed by atoms with Crippen LogP contribution in [0.1, 0.15) is 22.2 Å². The van der Waals surface area contributed by atoms with E-state index in [1.807, 2.05) is 0 Å². The number of furan rings is 1. The summed E-state index contributed by atoms with van der Waals surface area (Å²) in [7, 11) is 1.49. The first-order valence-electron chi connectivity index (χ1n) is 8.75. The number of halogens is 1. The molecule has 2 heterocycles. The third kappa shape index (κ3) is 3.16. The molecule has 1 aliphatic rings. The predicted octanol–water partition coefficient (Wildman–Crippen LogP) is 4.21. The van der Waals surface area contributed by atoms with E-state index in [1.54, 1.807) is 24.3 Å². The summed E-state index contributed by atoms with van der Waals surface area (Å²) >= 11 is 0. The highest BCUT2D eigenvalue weighted by Gasteiger charge is 2.45. The number of carbonyl (C=O) groups excluding carboxylic acids is 2. The molecule has 0 saturated carbocycles. The van der Waals surface area contributed by atoms with Crippen molar-refractivity contribution in [2.24, 2.45) is 0 Å². The van der Waals surface area contributed by atoms with Crippen LogP contribution in [0.15, 0.2) is 82.7 Å². The zero-order valence-corrected chi connectivity index (χ0v) is 15.3. The SMILES string of the molecule is COc1cccc(C2C(C(=O)c3ccco3)=C(O)C(=O)N2c2cccc(F)c2)c1. The number of nitrogens with zero attached hydrogens (tertiary/aromatic N) is 1. The molecular formula is C22H16FNO5. The summed E-state index contributed by atoms with van der Waals surface area (Å²) in [6, 6.07) is 14.1. The lowest BCUT2D eigenvalue weighted by Gasteiger charge is -2.27. The minimum absolute atomic E-state index is 0.0201. The van der Waals surface area contributed by atoms with Crippen molar-refractivity contribution in [1.82, 2.24) is 0 Å². The van der Waals surface area contributed by atoms with E-state index in [2.05, 4.69) is 0 Å². The Morgan fingerprint density at radius 2 is 1.93 bits per heavy atom. The van der Waals surface area contributed by atoms with Gasteiger partial charge in [0.05, 0.1) is 25.0 Å². The number of amides is 1. The molecule has 6 nitrogen and oxygen atoms in total. The molecular weight excluding hydrogens is 377 g/mol. The lowest BCUT2D eigenvalue weighted by Crippen LogP contribution is -2.31. The lowest BCUT2D eigenvalue weighted by atomic mass is 9.94. The Hall–Kier alpha value is -3.87. The number of anilines is 1. The molecule has 29 heavy (non-hydrogen) atoms. The van der Waals surface area contributed by atoms with Gasteiger partial charge >= 0.3 is 0 Å². The largest absolute Gasteiger partial charge is 0.503 e. The standard InChI is InChI=1S/C22H16FNO5/c1-28-16-8-2-5-13(11-16)19-18(20(25)17-9-4-10-29-17)21(26)22(27)24(19)15-7-3-6-14(23)12-15/h2-12,19,26H,1H3. The molecule has 4 rings (SSSR count). The molecule has 1 aliphatic heterocycles. The van der Waals surface area contributed by atoms with Gasteiger partial charge in [-0.3, -0.25) is 14.5 Å². The smallest absolute Gasteiger partial charge is 0.294 e. The van der Waals surface area contributed by atoms with E-state index in [0.29, 0.717) is 11.3 Å². The molecule has 2 aromatic carbocycles. The molecule has 146 valence electrons. The first kappa shape index (κ1) is 18.5. The maximum Gasteiger partial charge on any atom is 0.294 e. The number of hydrogen-bond acceptors (Lipinski definition) is 5. The molecule has 3 aromatic rings. The molecule has 7 heteroatoms. The fourth-order valence-corrected chi connectivity index (χ4v) is 3.40. The normalized spacial score (nSPS) is 16.4. The maximum absolute atomic E-state index is 13.9. The van der Waals surface area contributed by atoms with Gasteiger partial charge in [0.1, 0.15) is 11.6 Å². The van der Waals surface area contributed by atoms with Crippen LogP contribution in [0.25, 0.3) is 0 Å². The van der Waals surface area contributed by atoms with Crippen molar-refractivity contribution >= 4 is 17.4 Å². The Balaban J connectivity index is 1.90. The number of carbonyl (C=O) groups is 2. The summed E-state index contributed by atoms with van der Waals surface area (Å²) < 4.78 is 24.3. The lowest BCUT2D eigenvalue weighted by molar-refractivity contribution is -0.117. The first-order valence-corrected chi connectivity index (χ1v) is 8.75. The fraction of sp³-hybridized carbons (Fsp3) is 0.0909. The molecule has 0 aliphatic carbocycles. The van der Waals surface area contributed by atoms with Crippen LogP contribution < -0.4 is 9.64 Å². The van der Waals surface area contributed by atoms with Crippen molar-refractivity contribution in [3.63, 3.8) is 0 Å². The number of aliphatic hydroxyl groups excluding tert-OH is 1. The number of aliphatic hydroxyl groups is 1. The second kappa shape index (κ2) is 7.27. The molecule has 1 aromatic heterocycles. The predicted molar refractivity (Wildman–Crippen MR) is 102 cm³/mol. The highest BCUT2D eigenvalue weighted by molar-refractivity contribution is 6.20. The minimum atomic E-state index is -0.989. The molecule has 0 spiro atoms. The Labute approximate surface area is 165 Å². The molecule has 1 N–H and O–H groups in total. The van der Waals surface area contributed by atoms with Gasteiger partial charge in [-0.15, -0.1) is 0 Å². The van der Waals surface area contributed by atoms with E-state index in [-0.39, 0.29) is 17.0 Å². The first-order chi connectivity index (χ1) is 14.0. The molecule has 0 bridgehead atoms. The average molecular weight is 393 g/mol. The fourth-order valence-electron chi connectivity index (χ4n) is 3.40. The van der Waals surface area contributed by atoms with Gasteiger partial charge in [-0.25, -0.2) is 4.39 Å². The van der Waals surface area contributed by atoms with Crippen LogP contribution in [0.4, 0.5) is 10.1 Å². The van der Waals surface area contributed by atoms with Crippen LogP contribution in [-0.4, -0.2) is 23.9 Å². The summed E-state index contributed by atoms with van der Waals surface area (Å²) in [5.74, 6) is -2.21. The third-order valence-corrected chi connectivity index (χ3v) is 4.69. The van der Waals surface area contributed by atoms with Crippen molar-refractivity contribution in [2.75, 3.05) is 12.0 Å². The van der Waals surface area contributed by atoms with Gasteiger partial charge in [0, 0.05) is 5.69 Å². The van der Waals surface area contributed by atoms with Crippen molar-refractivity contribution in [3.05, 3.63) is 95.4 Å². The summed E-state index contributed by atoms with van der Waals surface area (Å²) in [5.41, 5.74) is 0.569. The molecule has 1 amide bonds. The second-order valence-corrected chi connectivity index (χ2v) is 6.40. The Bertz CT molecular complexity index is 1120. The summed E-state index contributed by atoms with van der Waals surface area (Å²) in [5, 5.41) is 10.6. The number of ketones is 1. The minimum Gasteiger partial charge on any atom is -0.503 e. The Morgan fingerprint density at radius 1 is 1.14 bits per heavy atom. The van der Waals surface area contributed by atoms with Crippen molar-refractivity contribution in [2.45, 2.75) is 6.04 Å². The topological polar surface area (TPSA) is 80.0 Å². The van der Waals surface area contributed by atoms with Gasteiger partial charge in [-0.2, -0.15) is 0 Å². The number of Topliss-reactive ketones (excluding diaryl/α,β-unsaturated/α-hetero) is 1. The van der Waals surface area contributed by atoms with Crippen LogP contribution in [0.2, 0.25) is 0 Å². The van der Waals surface area contributed by atoms with Gasteiger partial charge in [0.15, 0.2) is 11.5 Å². The number of ether oxygens (including phenoxy) is 1. The zero-order valence-electron chi connectivity index (χ0n) is 15.3. The van der Waals surface area contributed by atoms with Crippen LogP contribution in [-0.2, 0) is 4.79 Å².